The lowest BCUT2D eigenvalue weighted by molar-refractivity contribution is 0.447. The maximum absolute atomic E-state index is 12.8. The van der Waals surface area contributed by atoms with Crippen LogP contribution in [0.15, 0.2) is 16.5 Å². The molecule has 1 aromatic heterocycles. The molecule has 16 heavy (non-hydrogen) atoms. The number of nitrogen functional groups attached to an aromatic ring is 1. The molecule has 0 unspecified atom stereocenters. The third-order valence-corrected chi connectivity index (χ3v) is 1.68. The summed E-state index contributed by atoms with van der Waals surface area (Å²) >= 11 is 0. The molecular formula is C8H5F3N4O. The van der Waals surface area contributed by atoms with Gasteiger partial charge >= 0.3 is 12.0 Å². The van der Waals surface area contributed by atoms with E-state index in [2.05, 4.69) is 15.5 Å². The van der Waals surface area contributed by atoms with E-state index in [4.69, 9.17) is 10.2 Å². The summed E-state index contributed by atoms with van der Waals surface area (Å²) in [6, 6.07) is 1.14. The Hall–Kier alpha value is -2.25. The molecule has 0 bridgehead atoms. The van der Waals surface area contributed by atoms with E-state index in [0.29, 0.717) is 0 Å². The molecule has 5 nitrogen and oxygen atoms in total. The highest BCUT2D eigenvalue weighted by molar-refractivity contribution is 5.52. The second-order valence-corrected chi connectivity index (χ2v) is 2.82. The molecule has 0 radical (unpaired) electrons. The molecule has 0 aliphatic rings. The van der Waals surface area contributed by atoms with E-state index >= 15 is 0 Å². The van der Waals surface area contributed by atoms with Crippen molar-refractivity contribution in [3.63, 3.8) is 0 Å². The van der Waals surface area contributed by atoms with Gasteiger partial charge in [0.05, 0.1) is 0 Å². The summed E-state index contributed by atoms with van der Waals surface area (Å²) in [6.45, 7) is 0. The highest BCUT2D eigenvalue weighted by Gasteiger charge is 2.12. The molecule has 0 atom stereocenters. The molecule has 0 spiro atoms. The van der Waals surface area contributed by atoms with Crippen LogP contribution in [0.3, 0.4) is 0 Å². The number of hydrogen-bond donors (Lipinski definition) is 2. The van der Waals surface area contributed by atoms with Gasteiger partial charge in [0.2, 0.25) is 0 Å². The van der Waals surface area contributed by atoms with Gasteiger partial charge in [0.25, 0.3) is 0 Å². The van der Waals surface area contributed by atoms with Crippen molar-refractivity contribution in [3.8, 4) is 0 Å². The van der Waals surface area contributed by atoms with Gasteiger partial charge in [-0.05, 0) is 0 Å². The Balaban J connectivity index is 2.28. The summed E-state index contributed by atoms with van der Waals surface area (Å²) in [5.74, 6) is -4.19. The Labute approximate surface area is 87.1 Å². The van der Waals surface area contributed by atoms with Crippen LogP contribution in [0.1, 0.15) is 0 Å². The number of aromatic nitrogens is 2. The number of rotatable bonds is 2. The fourth-order valence-electron chi connectivity index (χ4n) is 1.04. The molecule has 8 heteroatoms. The van der Waals surface area contributed by atoms with E-state index in [1.165, 1.54) is 0 Å². The molecule has 0 aliphatic carbocycles. The Morgan fingerprint density at radius 2 is 1.75 bits per heavy atom. The van der Waals surface area contributed by atoms with E-state index in [9.17, 15) is 13.2 Å². The van der Waals surface area contributed by atoms with Crippen LogP contribution < -0.4 is 11.1 Å². The molecule has 3 N–H and O–H groups in total. The first kappa shape index (κ1) is 10.3. The van der Waals surface area contributed by atoms with Crippen molar-refractivity contribution in [1.82, 2.24) is 10.2 Å². The van der Waals surface area contributed by atoms with E-state index < -0.39 is 17.5 Å². The fraction of sp³-hybridized carbons (Fsp3) is 0. The molecule has 2 rings (SSSR count). The highest BCUT2D eigenvalue weighted by Crippen LogP contribution is 2.20. The Morgan fingerprint density at radius 1 is 1.12 bits per heavy atom. The van der Waals surface area contributed by atoms with Gasteiger partial charge in [0, 0.05) is 17.8 Å². The fourth-order valence-corrected chi connectivity index (χ4v) is 1.04. The summed E-state index contributed by atoms with van der Waals surface area (Å²) < 4.78 is 42.9. The van der Waals surface area contributed by atoms with Crippen LogP contribution in [0.4, 0.5) is 30.9 Å². The summed E-state index contributed by atoms with van der Waals surface area (Å²) in [5, 5.41) is 9.08. The normalized spacial score (nSPS) is 10.4. The van der Waals surface area contributed by atoms with Crippen LogP contribution in [-0.2, 0) is 0 Å². The van der Waals surface area contributed by atoms with Crippen molar-refractivity contribution < 1.29 is 17.6 Å². The van der Waals surface area contributed by atoms with E-state index in [1.54, 1.807) is 0 Å². The van der Waals surface area contributed by atoms with Crippen LogP contribution in [0.2, 0.25) is 0 Å². The number of nitrogens with two attached hydrogens (primary N) is 1. The molecule has 1 aromatic carbocycles. The van der Waals surface area contributed by atoms with Crippen molar-refractivity contribution in [1.29, 1.82) is 0 Å². The van der Waals surface area contributed by atoms with Gasteiger partial charge in [0.15, 0.2) is 17.5 Å². The molecule has 0 fully saturated rings. The molecule has 0 amide bonds. The lowest BCUT2D eigenvalue weighted by atomic mass is 10.3. The average Bonchev–Trinajstić information content (AvgIpc) is 2.60. The topological polar surface area (TPSA) is 77.0 Å². The first-order valence-electron chi connectivity index (χ1n) is 4.07. The third-order valence-electron chi connectivity index (χ3n) is 1.68. The SMILES string of the molecule is Nc1nnc(Nc2cc(F)c(F)c(F)c2)o1. The molecule has 84 valence electrons. The molecule has 0 saturated heterocycles. The van der Waals surface area contributed by atoms with Crippen LogP contribution in [0.5, 0.6) is 0 Å². The van der Waals surface area contributed by atoms with Gasteiger partial charge in [-0.25, -0.2) is 13.2 Å². The lowest BCUT2D eigenvalue weighted by Gasteiger charge is -2.02. The number of nitrogens with zero attached hydrogens (tertiary/aromatic N) is 2. The lowest BCUT2D eigenvalue weighted by Crippen LogP contribution is -1.96. The minimum Gasteiger partial charge on any atom is -0.389 e. The van der Waals surface area contributed by atoms with Gasteiger partial charge in [-0.1, -0.05) is 10.2 Å². The van der Waals surface area contributed by atoms with Crippen molar-refractivity contribution >= 4 is 17.7 Å². The number of nitrogens with one attached hydrogen (secondary N) is 1. The van der Waals surface area contributed by atoms with Crippen LogP contribution >= 0.6 is 0 Å². The van der Waals surface area contributed by atoms with Gasteiger partial charge in [-0.15, -0.1) is 0 Å². The predicted molar refractivity (Wildman–Crippen MR) is 48.3 cm³/mol. The van der Waals surface area contributed by atoms with Gasteiger partial charge in [-0.2, -0.15) is 0 Å². The monoisotopic (exact) mass is 230 g/mol. The quantitative estimate of drug-likeness (QED) is 0.769. The first-order valence-corrected chi connectivity index (χ1v) is 4.07. The van der Waals surface area contributed by atoms with Crippen LogP contribution in [-0.4, -0.2) is 10.2 Å². The second-order valence-electron chi connectivity index (χ2n) is 2.82. The summed E-state index contributed by atoms with van der Waals surface area (Å²) in [7, 11) is 0. The Kier molecular flexibility index (Phi) is 2.39. The van der Waals surface area contributed by atoms with Crippen LogP contribution in [0, 0.1) is 17.5 Å². The Morgan fingerprint density at radius 3 is 2.25 bits per heavy atom. The minimum atomic E-state index is -1.55. The maximum atomic E-state index is 12.8. The number of benzene rings is 1. The summed E-state index contributed by atoms with van der Waals surface area (Å²) in [6.07, 6.45) is 0. The summed E-state index contributed by atoms with van der Waals surface area (Å²) in [5.41, 5.74) is 5.06. The number of anilines is 3. The van der Waals surface area contributed by atoms with Gasteiger partial charge < -0.3 is 15.5 Å². The van der Waals surface area contributed by atoms with Crippen molar-refractivity contribution in [2.45, 2.75) is 0 Å². The largest absolute Gasteiger partial charge is 0.389 e. The molecule has 0 aliphatic heterocycles. The standard InChI is InChI=1S/C8H5F3N4O/c9-4-1-3(2-5(10)6(4)11)13-8-15-14-7(12)16-8/h1-2H,(H2,12,14)(H,13,15). The van der Waals surface area contributed by atoms with Crippen molar-refractivity contribution in [2.75, 3.05) is 11.1 Å². The van der Waals surface area contributed by atoms with E-state index in [0.717, 1.165) is 12.1 Å². The number of halogens is 3. The van der Waals surface area contributed by atoms with E-state index in [-0.39, 0.29) is 17.7 Å². The maximum Gasteiger partial charge on any atom is 0.321 e. The molecule has 2 aromatic rings. The zero-order chi connectivity index (χ0) is 11.7. The summed E-state index contributed by atoms with van der Waals surface area (Å²) in [4.78, 5) is 0. The highest BCUT2D eigenvalue weighted by atomic mass is 19.2. The second kappa shape index (κ2) is 3.72. The van der Waals surface area contributed by atoms with Crippen molar-refractivity contribution in [2.24, 2.45) is 0 Å². The smallest absolute Gasteiger partial charge is 0.321 e. The molecule has 1 heterocycles. The van der Waals surface area contributed by atoms with Crippen molar-refractivity contribution in [3.05, 3.63) is 29.6 Å². The first-order chi connectivity index (χ1) is 7.56. The zero-order valence-electron chi connectivity index (χ0n) is 7.67. The van der Waals surface area contributed by atoms with Crippen LogP contribution in [0.25, 0.3) is 0 Å². The van der Waals surface area contributed by atoms with Gasteiger partial charge in [0.1, 0.15) is 0 Å². The molecule has 0 saturated carbocycles. The van der Waals surface area contributed by atoms with E-state index in [1.807, 2.05) is 0 Å². The predicted octanol–water partition coefficient (Wildman–Crippen LogP) is 1.81. The van der Waals surface area contributed by atoms with Gasteiger partial charge in [-0.3, -0.25) is 0 Å². The average molecular weight is 230 g/mol. The number of hydrogen-bond acceptors (Lipinski definition) is 5. The zero-order valence-corrected chi connectivity index (χ0v) is 7.67. The third kappa shape index (κ3) is 1.90. The molecular weight excluding hydrogens is 225 g/mol. The Bertz CT molecular complexity index is 505. The minimum absolute atomic E-state index is 0.0694.